The zero-order chi connectivity index (χ0) is 41.4. The molecule has 13 rings (SSSR count). The molecule has 0 radical (unpaired) electrons. The first-order valence-electron chi connectivity index (χ1n) is 21.5. The van der Waals surface area contributed by atoms with Crippen LogP contribution >= 0.6 is 0 Å². The van der Waals surface area contributed by atoms with E-state index in [1.165, 1.54) is 26.9 Å². The Morgan fingerprint density at radius 2 is 0.730 bits per heavy atom. The maximum Gasteiger partial charge on any atom is 0.143 e. The monoisotopic (exact) mass is 803 g/mol. The van der Waals surface area contributed by atoms with E-state index >= 15 is 0 Å². The van der Waals surface area contributed by atoms with Crippen molar-refractivity contribution in [2.24, 2.45) is 0 Å². The van der Waals surface area contributed by atoms with Gasteiger partial charge in [0, 0.05) is 44.3 Å². The lowest BCUT2D eigenvalue weighted by Gasteiger charge is -2.27. The van der Waals surface area contributed by atoms with Crippen molar-refractivity contribution in [1.29, 1.82) is 0 Å². The van der Waals surface area contributed by atoms with Gasteiger partial charge in [0.25, 0.3) is 0 Å². The molecular formula is C60H37NO2. The number of benzene rings is 10. The van der Waals surface area contributed by atoms with Gasteiger partial charge in [-0.25, -0.2) is 0 Å². The molecule has 0 amide bonds. The summed E-state index contributed by atoms with van der Waals surface area (Å²) in [5.74, 6) is 1.70. The molecule has 3 nitrogen and oxygen atoms in total. The quantitative estimate of drug-likeness (QED) is 0.178. The predicted molar refractivity (Wildman–Crippen MR) is 265 cm³/mol. The van der Waals surface area contributed by atoms with Crippen LogP contribution in [0.1, 0.15) is 0 Å². The van der Waals surface area contributed by atoms with Crippen LogP contribution in [0.25, 0.3) is 98.1 Å². The van der Waals surface area contributed by atoms with E-state index in [2.05, 4.69) is 217 Å². The largest absolute Gasteiger partial charge is 0.456 e. The Bertz CT molecular complexity index is 3900. The van der Waals surface area contributed by atoms with Gasteiger partial charge < -0.3 is 14.1 Å². The van der Waals surface area contributed by atoms with Crippen LogP contribution in [0.2, 0.25) is 0 Å². The fraction of sp³-hybridized carbons (Fsp3) is 0. The molecule has 294 valence electrons. The average Bonchev–Trinajstić information content (AvgIpc) is 3.66. The van der Waals surface area contributed by atoms with E-state index < -0.39 is 0 Å². The lowest BCUT2D eigenvalue weighted by Crippen LogP contribution is -2.10. The van der Waals surface area contributed by atoms with Gasteiger partial charge in [-0.15, -0.1) is 0 Å². The van der Waals surface area contributed by atoms with Gasteiger partial charge in [-0.2, -0.15) is 0 Å². The maximum absolute atomic E-state index is 6.96. The van der Waals surface area contributed by atoms with Gasteiger partial charge >= 0.3 is 0 Å². The summed E-state index contributed by atoms with van der Waals surface area (Å²) in [7, 11) is 0. The SMILES string of the molecule is c1ccc(N(c2ccc3c(c2)-c2ccccc2Oc2ccccc2-3)c2ccc3c4ccccc4c4ccccc4c4ccccc4c4c(ccc5c6ccccc6oc54)c3c2)cc1. The van der Waals surface area contributed by atoms with Gasteiger partial charge in [-0.3, -0.25) is 0 Å². The Labute approximate surface area is 363 Å². The molecule has 1 aliphatic heterocycles. The predicted octanol–water partition coefficient (Wildman–Crippen LogP) is 17.4. The van der Waals surface area contributed by atoms with Crippen molar-refractivity contribution in [3.05, 3.63) is 224 Å². The van der Waals surface area contributed by atoms with E-state index in [9.17, 15) is 0 Å². The molecule has 0 aliphatic carbocycles. The first-order chi connectivity index (χ1) is 31.3. The smallest absolute Gasteiger partial charge is 0.143 e. The summed E-state index contributed by atoms with van der Waals surface area (Å²) in [6, 6.07) is 80.7. The number of nitrogens with zero attached hydrogens (tertiary/aromatic N) is 1. The van der Waals surface area contributed by atoms with Crippen LogP contribution in [0.15, 0.2) is 229 Å². The van der Waals surface area contributed by atoms with Crippen molar-refractivity contribution in [2.45, 2.75) is 0 Å². The third-order valence-electron chi connectivity index (χ3n) is 12.9. The molecule has 2 heterocycles. The first kappa shape index (κ1) is 35.4. The third kappa shape index (κ3) is 5.53. The van der Waals surface area contributed by atoms with Crippen molar-refractivity contribution in [1.82, 2.24) is 0 Å². The molecule has 11 aromatic carbocycles. The Morgan fingerprint density at radius 3 is 1.41 bits per heavy atom. The van der Waals surface area contributed by atoms with E-state index in [0.717, 1.165) is 99.7 Å². The van der Waals surface area contributed by atoms with E-state index in [1.54, 1.807) is 0 Å². The topological polar surface area (TPSA) is 25.6 Å². The summed E-state index contributed by atoms with van der Waals surface area (Å²) >= 11 is 0. The van der Waals surface area contributed by atoms with Gasteiger partial charge in [-0.05, 0) is 120 Å². The molecule has 63 heavy (non-hydrogen) atoms. The third-order valence-corrected chi connectivity index (χ3v) is 12.9. The first-order valence-corrected chi connectivity index (χ1v) is 21.5. The number of ether oxygens (including phenoxy) is 1. The molecule has 0 fully saturated rings. The van der Waals surface area contributed by atoms with Crippen molar-refractivity contribution >= 4 is 92.9 Å². The van der Waals surface area contributed by atoms with Gasteiger partial charge in [0.2, 0.25) is 0 Å². The van der Waals surface area contributed by atoms with Crippen LogP contribution in [-0.2, 0) is 0 Å². The van der Waals surface area contributed by atoms with Crippen LogP contribution in [0.4, 0.5) is 17.1 Å². The molecule has 0 saturated heterocycles. The second-order valence-corrected chi connectivity index (χ2v) is 16.3. The normalized spacial score (nSPS) is 11.9. The highest BCUT2D eigenvalue weighted by Crippen LogP contribution is 2.50. The number of para-hydroxylation sites is 4. The lowest BCUT2D eigenvalue weighted by atomic mass is 9.93. The fourth-order valence-corrected chi connectivity index (χ4v) is 10.1. The Balaban J connectivity index is 1.19. The van der Waals surface area contributed by atoms with Gasteiger partial charge in [0.05, 0.1) is 0 Å². The van der Waals surface area contributed by atoms with Gasteiger partial charge in [-0.1, -0.05) is 164 Å². The molecule has 0 spiro atoms. The Morgan fingerprint density at radius 1 is 0.270 bits per heavy atom. The fourth-order valence-electron chi connectivity index (χ4n) is 10.1. The number of hydrogen-bond donors (Lipinski definition) is 0. The molecule has 0 unspecified atom stereocenters. The van der Waals surface area contributed by atoms with E-state index in [4.69, 9.17) is 9.15 Å². The standard InChI is InChI=1S/C60H37NO2/c1-2-16-38(17-3-1)61(39-31-33-47-48-23-10-13-27-56(48)62-57-28-14-12-25-50(57)54(47)36-39)40-30-32-46-44-21-7-5-19-42(44)41-18-4-6-20-43(41)45-22-8-9-26-51(45)59-52(55(46)37-40)34-35-53-49-24-11-15-29-58(49)63-60(53)59/h1-37H. The van der Waals surface area contributed by atoms with Crippen LogP contribution in [-0.4, -0.2) is 0 Å². The summed E-state index contributed by atoms with van der Waals surface area (Å²) < 4.78 is 13.6. The Kier molecular flexibility index (Phi) is 7.91. The molecule has 12 aromatic rings. The van der Waals surface area contributed by atoms with Crippen LogP contribution in [0.5, 0.6) is 11.5 Å². The molecule has 1 aromatic heterocycles. The summed E-state index contributed by atoms with van der Waals surface area (Å²) in [6.45, 7) is 0. The molecule has 0 atom stereocenters. The van der Waals surface area contributed by atoms with Crippen LogP contribution < -0.4 is 9.64 Å². The average molecular weight is 804 g/mol. The highest BCUT2D eigenvalue weighted by Gasteiger charge is 2.23. The second kappa shape index (κ2) is 14.1. The highest BCUT2D eigenvalue weighted by atomic mass is 16.5. The zero-order valence-corrected chi connectivity index (χ0v) is 34.1. The number of fused-ring (bicyclic) bond motifs is 19. The molecule has 0 saturated carbocycles. The molecular weight excluding hydrogens is 767 g/mol. The highest BCUT2D eigenvalue weighted by molar-refractivity contribution is 6.31. The Hall–Kier alpha value is -8.40. The molecule has 0 N–H and O–H groups in total. The van der Waals surface area contributed by atoms with E-state index in [-0.39, 0.29) is 0 Å². The maximum atomic E-state index is 6.96. The lowest BCUT2D eigenvalue weighted by molar-refractivity contribution is 0.488. The minimum absolute atomic E-state index is 0.842. The number of anilines is 3. The number of rotatable bonds is 3. The van der Waals surface area contributed by atoms with Crippen molar-refractivity contribution in [2.75, 3.05) is 4.90 Å². The summed E-state index contributed by atoms with van der Waals surface area (Å²) in [5.41, 5.74) is 9.29. The van der Waals surface area contributed by atoms with Gasteiger partial charge in [0.15, 0.2) is 0 Å². The summed E-state index contributed by atoms with van der Waals surface area (Å²) in [6.07, 6.45) is 0. The zero-order valence-electron chi connectivity index (χ0n) is 34.1. The second-order valence-electron chi connectivity index (χ2n) is 16.3. The molecule has 1 aliphatic rings. The van der Waals surface area contributed by atoms with Crippen molar-refractivity contribution < 1.29 is 9.15 Å². The number of hydrogen-bond acceptors (Lipinski definition) is 3. The van der Waals surface area contributed by atoms with Crippen LogP contribution in [0.3, 0.4) is 0 Å². The van der Waals surface area contributed by atoms with Crippen molar-refractivity contribution in [3.63, 3.8) is 0 Å². The van der Waals surface area contributed by atoms with E-state index in [1.807, 2.05) is 12.1 Å². The van der Waals surface area contributed by atoms with E-state index in [0.29, 0.717) is 0 Å². The summed E-state index contributed by atoms with van der Waals surface area (Å²) in [5, 5.41) is 13.7. The molecule has 3 heteroatoms. The molecule has 0 bridgehead atoms. The number of furan rings is 1. The van der Waals surface area contributed by atoms with Crippen LogP contribution in [0, 0.1) is 0 Å². The minimum Gasteiger partial charge on any atom is -0.456 e. The summed E-state index contributed by atoms with van der Waals surface area (Å²) in [4.78, 5) is 2.38. The van der Waals surface area contributed by atoms with Gasteiger partial charge in [0.1, 0.15) is 22.7 Å². The minimum atomic E-state index is 0.842. The van der Waals surface area contributed by atoms with Crippen molar-refractivity contribution in [3.8, 4) is 33.8 Å².